The number of nitrogens with one attached hydrogen (secondary N) is 2. The molecule has 2 heterocycles. The Labute approximate surface area is 168 Å². The van der Waals surface area contributed by atoms with Crippen LogP contribution in [0.5, 0.6) is 0 Å². The predicted molar refractivity (Wildman–Crippen MR) is 109 cm³/mol. The van der Waals surface area contributed by atoms with Gasteiger partial charge in [0.05, 0.1) is 11.4 Å². The minimum Gasteiger partial charge on any atom is -0.324 e. The van der Waals surface area contributed by atoms with Crippen LogP contribution in [0.4, 0.5) is 5.69 Å². The van der Waals surface area contributed by atoms with Gasteiger partial charge in [-0.3, -0.25) is 19.2 Å². The second kappa shape index (κ2) is 7.51. The normalized spacial score (nSPS) is 16.8. The number of hydrogen-bond acceptors (Lipinski definition) is 5. The van der Waals surface area contributed by atoms with Crippen molar-refractivity contribution in [1.29, 1.82) is 0 Å². The van der Waals surface area contributed by atoms with E-state index in [9.17, 15) is 13.2 Å². The fourth-order valence-electron chi connectivity index (χ4n) is 3.07. The van der Waals surface area contributed by atoms with Crippen molar-refractivity contribution in [3.8, 4) is 0 Å². The van der Waals surface area contributed by atoms with Gasteiger partial charge in [-0.25, -0.2) is 8.42 Å². The van der Waals surface area contributed by atoms with E-state index in [1.165, 1.54) is 6.07 Å². The van der Waals surface area contributed by atoms with Gasteiger partial charge in [-0.15, -0.1) is 0 Å². The molecule has 1 aromatic heterocycles. The van der Waals surface area contributed by atoms with E-state index in [-0.39, 0.29) is 16.6 Å². The molecule has 1 atom stereocenters. The maximum absolute atomic E-state index is 12.7. The molecule has 0 fully saturated rings. The highest BCUT2D eigenvalue weighted by Crippen LogP contribution is 2.23. The van der Waals surface area contributed by atoms with Gasteiger partial charge in [0, 0.05) is 23.6 Å². The van der Waals surface area contributed by atoms with Crippen molar-refractivity contribution in [1.82, 2.24) is 14.5 Å². The molecule has 0 radical (unpaired) electrons. The standard InChI is InChI=1S/C20H19N5O3S/c1-14(22-19-16-8-3-5-10-18(16)29(27,28)24-19)20(26)23-17-9-4-2-7-15(17)13-25-12-6-11-21-25/h2-12,14H,13H2,1H3,(H,22,24)(H,23,26)/t14-/m0/s1. The molecule has 0 saturated carbocycles. The number of rotatable bonds is 5. The Hall–Kier alpha value is -3.46. The molecule has 0 spiro atoms. The van der Waals surface area contributed by atoms with Gasteiger partial charge in [0.2, 0.25) is 5.91 Å². The van der Waals surface area contributed by atoms with E-state index < -0.39 is 16.1 Å². The van der Waals surface area contributed by atoms with E-state index in [0.29, 0.717) is 17.8 Å². The summed E-state index contributed by atoms with van der Waals surface area (Å²) in [5, 5.41) is 7.06. The number of carbonyl (C=O) groups excluding carboxylic acids is 1. The third kappa shape index (κ3) is 3.90. The van der Waals surface area contributed by atoms with E-state index in [1.54, 1.807) is 36.0 Å². The monoisotopic (exact) mass is 409 g/mol. The summed E-state index contributed by atoms with van der Waals surface area (Å²) in [5.41, 5.74) is 2.02. The van der Waals surface area contributed by atoms with Crippen molar-refractivity contribution in [3.63, 3.8) is 0 Å². The number of anilines is 1. The fourth-order valence-corrected chi connectivity index (χ4v) is 4.31. The lowest BCUT2D eigenvalue weighted by Crippen LogP contribution is -2.29. The average Bonchev–Trinajstić information content (AvgIpc) is 3.30. The molecule has 148 valence electrons. The number of fused-ring (bicyclic) bond motifs is 1. The van der Waals surface area contributed by atoms with Crippen LogP contribution in [0.15, 0.2) is 76.9 Å². The number of carbonyl (C=O) groups is 1. The van der Waals surface area contributed by atoms with Crippen molar-refractivity contribution in [2.75, 3.05) is 5.32 Å². The van der Waals surface area contributed by atoms with Gasteiger partial charge >= 0.3 is 0 Å². The van der Waals surface area contributed by atoms with E-state index >= 15 is 0 Å². The van der Waals surface area contributed by atoms with Crippen LogP contribution in [-0.2, 0) is 21.4 Å². The lowest BCUT2D eigenvalue weighted by molar-refractivity contribution is -0.117. The van der Waals surface area contributed by atoms with E-state index in [1.807, 2.05) is 36.5 Å². The van der Waals surface area contributed by atoms with Crippen molar-refractivity contribution in [2.45, 2.75) is 24.4 Å². The number of amides is 1. The maximum Gasteiger partial charge on any atom is 0.263 e. The molecule has 0 unspecified atom stereocenters. The van der Waals surface area contributed by atoms with Crippen LogP contribution in [0, 0.1) is 0 Å². The van der Waals surface area contributed by atoms with Gasteiger partial charge in [0.15, 0.2) is 0 Å². The average molecular weight is 409 g/mol. The molecule has 2 N–H and O–H groups in total. The lowest BCUT2D eigenvalue weighted by atomic mass is 10.1. The summed E-state index contributed by atoms with van der Waals surface area (Å²) in [6.07, 6.45) is 3.54. The third-order valence-corrected chi connectivity index (χ3v) is 5.93. The molecule has 0 bridgehead atoms. The Balaban J connectivity index is 1.54. The highest BCUT2D eigenvalue weighted by Gasteiger charge is 2.31. The predicted octanol–water partition coefficient (Wildman–Crippen LogP) is 2.00. The van der Waals surface area contributed by atoms with E-state index in [2.05, 4.69) is 20.1 Å². The maximum atomic E-state index is 12.7. The highest BCUT2D eigenvalue weighted by molar-refractivity contribution is 7.90. The topological polar surface area (TPSA) is 105 Å². The summed E-state index contributed by atoms with van der Waals surface area (Å²) >= 11 is 0. The molecule has 4 rings (SSSR count). The Morgan fingerprint density at radius 2 is 1.93 bits per heavy atom. The molecular weight excluding hydrogens is 390 g/mol. The number of nitrogens with zero attached hydrogens (tertiary/aromatic N) is 3. The van der Waals surface area contributed by atoms with Crippen LogP contribution in [0.2, 0.25) is 0 Å². The van der Waals surface area contributed by atoms with Gasteiger partial charge in [-0.2, -0.15) is 5.10 Å². The van der Waals surface area contributed by atoms with Crippen molar-refractivity contribution in [2.24, 2.45) is 4.99 Å². The molecule has 1 aliphatic rings. The highest BCUT2D eigenvalue weighted by atomic mass is 32.2. The zero-order valence-corrected chi connectivity index (χ0v) is 16.4. The zero-order valence-electron chi connectivity index (χ0n) is 15.6. The van der Waals surface area contributed by atoms with Crippen molar-refractivity contribution < 1.29 is 13.2 Å². The zero-order chi connectivity index (χ0) is 20.4. The summed E-state index contributed by atoms with van der Waals surface area (Å²) in [6, 6.07) is 15.0. The fraction of sp³-hybridized carbons (Fsp3) is 0.150. The number of para-hydroxylation sites is 1. The summed E-state index contributed by atoms with van der Waals surface area (Å²) in [4.78, 5) is 17.2. The number of sulfonamides is 1. The summed E-state index contributed by atoms with van der Waals surface area (Å²) in [5.74, 6) is -0.165. The van der Waals surface area contributed by atoms with Gasteiger partial charge in [0.1, 0.15) is 11.9 Å². The molecule has 3 aromatic rings. The Bertz CT molecular complexity index is 1190. The number of aromatic nitrogens is 2. The second-order valence-corrected chi connectivity index (χ2v) is 8.26. The Kier molecular flexibility index (Phi) is 4.89. The first-order chi connectivity index (χ1) is 13.9. The van der Waals surface area contributed by atoms with E-state index in [4.69, 9.17) is 0 Å². The summed E-state index contributed by atoms with van der Waals surface area (Å²) < 4.78 is 28.6. The van der Waals surface area contributed by atoms with E-state index in [0.717, 1.165) is 5.56 Å². The lowest BCUT2D eigenvalue weighted by Gasteiger charge is -2.13. The first-order valence-electron chi connectivity index (χ1n) is 9.00. The van der Waals surface area contributed by atoms with Crippen LogP contribution in [0.1, 0.15) is 18.1 Å². The number of hydrogen-bond donors (Lipinski definition) is 2. The molecule has 0 aliphatic carbocycles. The quantitative estimate of drug-likeness (QED) is 0.672. The molecule has 2 aromatic carbocycles. The first-order valence-corrected chi connectivity index (χ1v) is 10.5. The number of benzene rings is 2. The summed E-state index contributed by atoms with van der Waals surface area (Å²) in [7, 11) is -3.64. The third-order valence-electron chi connectivity index (χ3n) is 4.53. The molecule has 1 aliphatic heterocycles. The van der Waals surface area contributed by atoms with Crippen LogP contribution in [0.25, 0.3) is 0 Å². The second-order valence-electron chi connectivity index (χ2n) is 6.61. The number of amidine groups is 1. The first kappa shape index (κ1) is 18.9. The number of aliphatic imine (C=N–C) groups is 1. The smallest absolute Gasteiger partial charge is 0.263 e. The molecule has 1 amide bonds. The SMILES string of the molecule is C[C@H](N=C1NS(=O)(=O)c2ccccc21)C(=O)Nc1ccccc1Cn1cccn1. The van der Waals surface area contributed by atoms with Crippen LogP contribution < -0.4 is 10.0 Å². The molecule has 29 heavy (non-hydrogen) atoms. The Morgan fingerprint density at radius 3 is 2.72 bits per heavy atom. The molecule has 0 saturated heterocycles. The molecular formula is C20H19N5O3S. The van der Waals surface area contributed by atoms with Gasteiger partial charge < -0.3 is 5.32 Å². The largest absolute Gasteiger partial charge is 0.324 e. The van der Waals surface area contributed by atoms with Crippen molar-refractivity contribution >= 4 is 27.5 Å². The van der Waals surface area contributed by atoms with Gasteiger partial charge in [-0.05, 0) is 36.8 Å². The van der Waals surface area contributed by atoms with Gasteiger partial charge in [0.25, 0.3) is 10.0 Å². The Morgan fingerprint density at radius 1 is 1.17 bits per heavy atom. The van der Waals surface area contributed by atoms with Crippen LogP contribution >= 0.6 is 0 Å². The minimum absolute atomic E-state index is 0.163. The minimum atomic E-state index is -3.64. The van der Waals surface area contributed by atoms with Crippen molar-refractivity contribution in [3.05, 3.63) is 78.1 Å². The molecule has 9 heteroatoms. The summed E-state index contributed by atoms with van der Waals surface area (Å²) in [6.45, 7) is 2.13. The van der Waals surface area contributed by atoms with Gasteiger partial charge in [-0.1, -0.05) is 30.3 Å². The molecule has 8 nitrogen and oxygen atoms in total. The van der Waals surface area contributed by atoms with Crippen LogP contribution in [-0.4, -0.2) is 36.0 Å². The van der Waals surface area contributed by atoms with Crippen LogP contribution in [0.3, 0.4) is 0 Å².